The van der Waals surface area contributed by atoms with Gasteiger partial charge in [0.15, 0.2) is 5.65 Å². The first-order chi connectivity index (χ1) is 12.0. The van der Waals surface area contributed by atoms with E-state index in [1.54, 1.807) is 28.8 Å². The van der Waals surface area contributed by atoms with E-state index in [4.69, 9.17) is 0 Å². The van der Waals surface area contributed by atoms with Gasteiger partial charge in [-0.15, -0.1) is 0 Å². The van der Waals surface area contributed by atoms with Gasteiger partial charge < -0.3 is 10.0 Å². The van der Waals surface area contributed by atoms with Crippen LogP contribution in [0.25, 0.3) is 5.65 Å². The number of aliphatic carboxylic acids is 1. The molecule has 1 aliphatic rings. The van der Waals surface area contributed by atoms with Crippen molar-refractivity contribution >= 4 is 23.2 Å². The number of carbonyl (C=O) groups excluding carboxylic acids is 1. The first kappa shape index (κ1) is 15.3. The molecular formula is C18H16N4O3. The molecule has 0 radical (unpaired) electrons. The lowest BCUT2D eigenvalue weighted by Crippen LogP contribution is -2.31. The summed E-state index contributed by atoms with van der Waals surface area (Å²) in [5, 5.41) is 13.7. The van der Waals surface area contributed by atoms with Crippen molar-refractivity contribution in [2.45, 2.75) is 19.8 Å². The summed E-state index contributed by atoms with van der Waals surface area (Å²) in [6.45, 7) is 3.87. The number of hydrogen-bond acceptors (Lipinski definition) is 4. The molecule has 0 saturated heterocycles. The van der Waals surface area contributed by atoms with Gasteiger partial charge in [0.2, 0.25) is 0 Å². The van der Waals surface area contributed by atoms with Crippen LogP contribution in [0.1, 0.15) is 33.2 Å². The highest BCUT2D eigenvalue weighted by Gasteiger charge is 2.37. The normalized spacial score (nSPS) is 16.2. The van der Waals surface area contributed by atoms with Crippen LogP contribution in [-0.2, 0) is 4.79 Å². The Kier molecular flexibility index (Phi) is 3.31. The molecule has 3 aromatic rings. The molecule has 0 spiro atoms. The van der Waals surface area contributed by atoms with Gasteiger partial charge in [0, 0.05) is 23.6 Å². The third kappa shape index (κ3) is 2.27. The van der Waals surface area contributed by atoms with Crippen LogP contribution < -0.4 is 4.90 Å². The highest BCUT2D eigenvalue weighted by Crippen LogP contribution is 2.37. The minimum Gasteiger partial charge on any atom is -0.481 e. The molecule has 126 valence electrons. The Labute approximate surface area is 143 Å². The lowest BCUT2D eigenvalue weighted by molar-refractivity contribution is -0.138. The van der Waals surface area contributed by atoms with Gasteiger partial charge in [0.1, 0.15) is 11.5 Å². The summed E-state index contributed by atoms with van der Waals surface area (Å²) in [5.74, 6) is -1.95. The van der Waals surface area contributed by atoms with Crippen LogP contribution in [0.2, 0.25) is 0 Å². The second-order valence-corrected chi connectivity index (χ2v) is 6.20. The zero-order valence-electron chi connectivity index (χ0n) is 13.8. The van der Waals surface area contributed by atoms with Crippen LogP contribution in [0.15, 0.2) is 36.5 Å². The van der Waals surface area contributed by atoms with E-state index in [-0.39, 0.29) is 12.5 Å². The molecule has 2 aromatic heterocycles. The van der Waals surface area contributed by atoms with Gasteiger partial charge in [-0.05, 0) is 31.5 Å². The van der Waals surface area contributed by atoms with E-state index in [9.17, 15) is 14.7 Å². The van der Waals surface area contributed by atoms with Gasteiger partial charge >= 0.3 is 5.97 Å². The maximum atomic E-state index is 13.1. The fraction of sp³-hybridized carbons (Fsp3) is 0.222. The molecule has 0 saturated carbocycles. The van der Waals surface area contributed by atoms with Gasteiger partial charge in [-0.2, -0.15) is 5.10 Å². The number of aromatic nitrogens is 3. The maximum absolute atomic E-state index is 13.1. The number of rotatable bonds is 2. The van der Waals surface area contributed by atoms with Gasteiger partial charge in [-0.1, -0.05) is 18.2 Å². The number of nitrogens with zero attached hydrogens (tertiary/aromatic N) is 4. The molecule has 0 unspecified atom stereocenters. The molecule has 1 N–H and O–H groups in total. The second-order valence-electron chi connectivity index (χ2n) is 6.20. The van der Waals surface area contributed by atoms with E-state index in [0.717, 1.165) is 11.4 Å². The van der Waals surface area contributed by atoms with Crippen LogP contribution in [0.4, 0.5) is 5.69 Å². The molecule has 7 nitrogen and oxygen atoms in total. The number of benzene rings is 1. The van der Waals surface area contributed by atoms with E-state index in [1.165, 1.54) is 11.1 Å². The first-order valence-corrected chi connectivity index (χ1v) is 7.93. The van der Waals surface area contributed by atoms with E-state index >= 15 is 0 Å². The summed E-state index contributed by atoms with van der Waals surface area (Å²) in [5.41, 5.74) is 3.81. The topological polar surface area (TPSA) is 87.8 Å². The molecule has 25 heavy (non-hydrogen) atoms. The number of aryl methyl sites for hydroxylation is 2. The predicted molar refractivity (Wildman–Crippen MR) is 91.0 cm³/mol. The zero-order valence-corrected chi connectivity index (χ0v) is 13.8. The molecule has 4 rings (SSSR count). The summed E-state index contributed by atoms with van der Waals surface area (Å²) in [6.07, 6.45) is 1.49. The van der Waals surface area contributed by atoms with Crippen molar-refractivity contribution < 1.29 is 14.7 Å². The fourth-order valence-electron chi connectivity index (χ4n) is 3.38. The number of anilines is 1. The van der Waals surface area contributed by atoms with E-state index in [2.05, 4.69) is 10.1 Å². The Morgan fingerprint density at radius 2 is 2.00 bits per heavy atom. The zero-order chi connectivity index (χ0) is 17.7. The minimum absolute atomic E-state index is 0.107. The molecule has 1 aromatic carbocycles. The van der Waals surface area contributed by atoms with Crippen molar-refractivity contribution in [3.05, 3.63) is 59.0 Å². The Bertz CT molecular complexity index is 1020. The number of carboxylic acids is 1. The first-order valence-electron chi connectivity index (χ1n) is 7.93. The second kappa shape index (κ2) is 5.41. The number of carbonyl (C=O) groups is 2. The Balaban J connectivity index is 1.82. The molecule has 1 amide bonds. The highest BCUT2D eigenvalue weighted by molar-refractivity contribution is 6.11. The van der Waals surface area contributed by atoms with Gasteiger partial charge in [0.05, 0.1) is 6.20 Å². The molecular weight excluding hydrogens is 320 g/mol. The largest absolute Gasteiger partial charge is 0.481 e. The predicted octanol–water partition coefficient (Wildman–Crippen LogP) is 2.17. The van der Waals surface area contributed by atoms with Crippen LogP contribution >= 0.6 is 0 Å². The number of amides is 1. The van der Waals surface area contributed by atoms with Crippen LogP contribution in [0.5, 0.6) is 0 Å². The van der Waals surface area contributed by atoms with Crippen LogP contribution in [0.3, 0.4) is 0 Å². The van der Waals surface area contributed by atoms with E-state index in [1.807, 2.05) is 19.9 Å². The monoisotopic (exact) mass is 336 g/mol. The van der Waals surface area contributed by atoms with Crippen molar-refractivity contribution in [1.82, 2.24) is 14.6 Å². The highest BCUT2D eigenvalue weighted by atomic mass is 16.4. The Hall–Kier alpha value is -3.22. The molecule has 0 bridgehead atoms. The summed E-state index contributed by atoms with van der Waals surface area (Å²) >= 11 is 0. The standard InChI is InChI=1S/C18H16N4O3/c1-10-7-11(2)22-16(20-10)13(8-19-22)17(23)21-9-14(18(24)25)12-5-3-4-6-15(12)21/h3-8,14H,9H2,1-2H3,(H,24,25)/t14-/m0/s1. The summed E-state index contributed by atoms with van der Waals surface area (Å²) < 4.78 is 1.62. The van der Waals surface area contributed by atoms with Crippen LogP contribution in [-0.4, -0.2) is 38.1 Å². The third-order valence-electron chi connectivity index (χ3n) is 4.52. The van der Waals surface area contributed by atoms with Crippen LogP contribution in [0, 0.1) is 13.8 Å². The summed E-state index contributed by atoms with van der Waals surface area (Å²) in [4.78, 5) is 30.6. The van der Waals surface area contributed by atoms with Crippen molar-refractivity contribution in [2.24, 2.45) is 0 Å². The van der Waals surface area contributed by atoms with Gasteiger partial charge in [0.25, 0.3) is 5.91 Å². The van der Waals surface area contributed by atoms with Crippen molar-refractivity contribution in [3.8, 4) is 0 Å². The lowest BCUT2D eigenvalue weighted by Gasteiger charge is -2.16. The number of fused-ring (bicyclic) bond motifs is 2. The van der Waals surface area contributed by atoms with E-state index < -0.39 is 11.9 Å². The SMILES string of the molecule is Cc1cc(C)n2ncc(C(=O)N3C[C@H](C(=O)O)c4ccccc43)c2n1. The Morgan fingerprint density at radius 1 is 1.24 bits per heavy atom. The average molecular weight is 336 g/mol. The average Bonchev–Trinajstić information content (AvgIpc) is 3.16. The van der Waals surface area contributed by atoms with Gasteiger partial charge in [-0.25, -0.2) is 9.50 Å². The number of para-hydroxylation sites is 1. The van der Waals surface area contributed by atoms with E-state index in [0.29, 0.717) is 22.5 Å². The number of carboxylic acid groups (broad SMARTS) is 1. The fourth-order valence-corrected chi connectivity index (χ4v) is 3.38. The molecule has 0 fully saturated rings. The molecule has 0 aliphatic carbocycles. The van der Waals surface area contributed by atoms with Crippen molar-refractivity contribution in [2.75, 3.05) is 11.4 Å². The summed E-state index contributed by atoms with van der Waals surface area (Å²) in [7, 11) is 0. The summed E-state index contributed by atoms with van der Waals surface area (Å²) in [6, 6.07) is 8.99. The molecule has 1 atom stereocenters. The molecule has 1 aliphatic heterocycles. The smallest absolute Gasteiger partial charge is 0.312 e. The van der Waals surface area contributed by atoms with Crippen molar-refractivity contribution in [1.29, 1.82) is 0 Å². The third-order valence-corrected chi connectivity index (χ3v) is 4.52. The minimum atomic E-state index is -0.938. The quantitative estimate of drug-likeness (QED) is 0.775. The van der Waals surface area contributed by atoms with Crippen molar-refractivity contribution in [3.63, 3.8) is 0 Å². The maximum Gasteiger partial charge on any atom is 0.312 e. The van der Waals surface area contributed by atoms with Gasteiger partial charge in [-0.3, -0.25) is 9.59 Å². The lowest BCUT2D eigenvalue weighted by atomic mass is 10.0. The molecule has 3 heterocycles. The Morgan fingerprint density at radius 3 is 2.76 bits per heavy atom. The number of hydrogen-bond donors (Lipinski definition) is 1. The molecule has 7 heteroatoms.